The minimum Gasteiger partial charge on any atom is -0.325 e. The van der Waals surface area contributed by atoms with Crippen molar-refractivity contribution in [3.05, 3.63) is 39.5 Å². The van der Waals surface area contributed by atoms with Crippen molar-refractivity contribution in [3.8, 4) is 11.3 Å². The van der Waals surface area contributed by atoms with Gasteiger partial charge in [0.1, 0.15) is 0 Å². The molecule has 2 rings (SSSR count). The molecule has 1 aromatic heterocycles. The van der Waals surface area contributed by atoms with Crippen LogP contribution in [0.3, 0.4) is 0 Å². The highest BCUT2D eigenvalue weighted by Gasteiger charge is 2.10. The number of nitrogens with zero attached hydrogens (tertiary/aromatic N) is 1. The van der Waals surface area contributed by atoms with Gasteiger partial charge in [-0.2, -0.15) is 5.10 Å². The van der Waals surface area contributed by atoms with E-state index < -0.39 is 0 Å². The summed E-state index contributed by atoms with van der Waals surface area (Å²) in [5.41, 5.74) is 9.35. The van der Waals surface area contributed by atoms with Gasteiger partial charge in [0.05, 0.1) is 21.4 Å². The van der Waals surface area contributed by atoms with Crippen molar-refractivity contribution in [2.75, 3.05) is 0 Å². The number of hydrogen-bond donors (Lipinski definition) is 2. The highest BCUT2D eigenvalue weighted by Crippen LogP contribution is 2.29. The van der Waals surface area contributed by atoms with Crippen LogP contribution in [-0.4, -0.2) is 10.2 Å². The van der Waals surface area contributed by atoms with E-state index in [1.807, 2.05) is 13.0 Å². The lowest BCUT2D eigenvalue weighted by molar-refractivity contribution is 0.941. The first-order valence-corrected chi connectivity index (χ1v) is 5.58. The molecule has 84 valence electrons. The van der Waals surface area contributed by atoms with Crippen LogP contribution in [-0.2, 0) is 6.54 Å². The van der Waals surface area contributed by atoms with E-state index in [9.17, 15) is 0 Å². The zero-order chi connectivity index (χ0) is 11.7. The Kier molecular flexibility index (Phi) is 3.19. The maximum atomic E-state index is 5.96. The normalized spacial score (nSPS) is 10.8. The molecule has 0 spiro atoms. The Bertz CT molecular complexity index is 520. The zero-order valence-electron chi connectivity index (χ0n) is 8.72. The highest BCUT2D eigenvalue weighted by molar-refractivity contribution is 6.42. The van der Waals surface area contributed by atoms with Crippen LogP contribution in [0, 0.1) is 6.92 Å². The standard InChI is InChI=1S/C11H11Cl2N3/c1-6-10(5-14)15-16-11(6)7-2-3-8(12)9(13)4-7/h2-4H,5,14H2,1H3,(H,15,16). The molecule has 0 radical (unpaired) electrons. The summed E-state index contributed by atoms with van der Waals surface area (Å²) in [6.45, 7) is 2.42. The number of H-pyrrole nitrogens is 1. The summed E-state index contributed by atoms with van der Waals surface area (Å²) in [5.74, 6) is 0. The summed E-state index contributed by atoms with van der Waals surface area (Å²) >= 11 is 11.8. The largest absolute Gasteiger partial charge is 0.325 e. The molecule has 1 aromatic carbocycles. The van der Waals surface area contributed by atoms with Crippen LogP contribution in [0.4, 0.5) is 0 Å². The van der Waals surface area contributed by atoms with Gasteiger partial charge in [-0.25, -0.2) is 0 Å². The molecule has 0 aliphatic carbocycles. The van der Waals surface area contributed by atoms with E-state index in [1.54, 1.807) is 12.1 Å². The fourth-order valence-corrected chi connectivity index (χ4v) is 1.86. The lowest BCUT2D eigenvalue weighted by atomic mass is 10.1. The molecule has 0 aliphatic rings. The molecule has 5 heteroatoms. The average Bonchev–Trinajstić information content (AvgIpc) is 2.64. The van der Waals surface area contributed by atoms with Crippen LogP contribution in [0.15, 0.2) is 18.2 Å². The van der Waals surface area contributed by atoms with Crippen LogP contribution >= 0.6 is 23.2 Å². The van der Waals surface area contributed by atoms with Crippen molar-refractivity contribution in [2.45, 2.75) is 13.5 Å². The SMILES string of the molecule is Cc1c(-c2ccc(Cl)c(Cl)c2)n[nH]c1CN. The zero-order valence-corrected chi connectivity index (χ0v) is 10.2. The first-order chi connectivity index (χ1) is 7.63. The number of nitrogens with one attached hydrogen (secondary N) is 1. The molecule has 3 nitrogen and oxygen atoms in total. The van der Waals surface area contributed by atoms with E-state index in [2.05, 4.69) is 10.2 Å². The molecule has 0 unspecified atom stereocenters. The van der Waals surface area contributed by atoms with E-state index >= 15 is 0 Å². The molecule has 0 bridgehead atoms. The predicted octanol–water partition coefficient (Wildman–Crippen LogP) is 3.15. The molecule has 0 amide bonds. The Morgan fingerprint density at radius 1 is 1.31 bits per heavy atom. The van der Waals surface area contributed by atoms with Crippen molar-refractivity contribution in [1.29, 1.82) is 0 Å². The average molecular weight is 256 g/mol. The number of rotatable bonds is 2. The molecule has 0 saturated carbocycles. The lowest BCUT2D eigenvalue weighted by Crippen LogP contribution is -1.98. The Labute approximate surface area is 104 Å². The fourth-order valence-electron chi connectivity index (χ4n) is 1.56. The number of aromatic amines is 1. The number of halogens is 2. The maximum Gasteiger partial charge on any atom is 0.0953 e. The van der Waals surface area contributed by atoms with E-state index in [4.69, 9.17) is 28.9 Å². The third-order valence-electron chi connectivity index (χ3n) is 2.51. The Morgan fingerprint density at radius 3 is 2.62 bits per heavy atom. The smallest absolute Gasteiger partial charge is 0.0953 e. The second kappa shape index (κ2) is 4.45. The van der Waals surface area contributed by atoms with Gasteiger partial charge in [0.25, 0.3) is 0 Å². The Balaban J connectivity index is 2.50. The number of benzene rings is 1. The molecule has 0 fully saturated rings. The van der Waals surface area contributed by atoms with Crippen molar-refractivity contribution >= 4 is 23.2 Å². The third kappa shape index (κ3) is 1.94. The topological polar surface area (TPSA) is 54.7 Å². The van der Waals surface area contributed by atoms with Gasteiger partial charge in [-0.1, -0.05) is 29.3 Å². The van der Waals surface area contributed by atoms with Gasteiger partial charge >= 0.3 is 0 Å². The van der Waals surface area contributed by atoms with Crippen molar-refractivity contribution in [2.24, 2.45) is 5.73 Å². The van der Waals surface area contributed by atoms with E-state index in [1.165, 1.54) is 0 Å². The predicted molar refractivity (Wildman–Crippen MR) is 66.7 cm³/mol. The number of hydrogen-bond acceptors (Lipinski definition) is 2. The van der Waals surface area contributed by atoms with Crippen LogP contribution in [0.25, 0.3) is 11.3 Å². The lowest BCUT2D eigenvalue weighted by Gasteiger charge is -2.01. The van der Waals surface area contributed by atoms with Crippen molar-refractivity contribution < 1.29 is 0 Å². The quantitative estimate of drug-likeness (QED) is 0.867. The molecule has 1 heterocycles. The summed E-state index contributed by atoms with van der Waals surface area (Å²) in [5, 5.41) is 8.19. The highest BCUT2D eigenvalue weighted by atomic mass is 35.5. The van der Waals surface area contributed by atoms with Gasteiger partial charge in [0, 0.05) is 12.1 Å². The molecule has 16 heavy (non-hydrogen) atoms. The number of aromatic nitrogens is 2. The number of nitrogens with two attached hydrogens (primary N) is 1. The molecule has 0 saturated heterocycles. The minimum absolute atomic E-state index is 0.445. The second-order valence-electron chi connectivity index (χ2n) is 3.51. The fraction of sp³-hybridized carbons (Fsp3) is 0.182. The van der Waals surface area contributed by atoms with Crippen LogP contribution < -0.4 is 5.73 Å². The Hall–Kier alpha value is -1.03. The molecule has 0 atom stereocenters. The summed E-state index contributed by atoms with van der Waals surface area (Å²) in [7, 11) is 0. The van der Waals surface area contributed by atoms with E-state index in [-0.39, 0.29) is 0 Å². The Morgan fingerprint density at radius 2 is 2.06 bits per heavy atom. The maximum absolute atomic E-state index is 5.96. The molecule has 2 aromatic rings. The first-order valence-electron chi connectivity index (χ1n) is 4.83. The van der Waals surface area contributed by atoms with E-state index in [0.29, 0.717) is 16.6 Å². The summed E-state index contributed by atoms with van der Waals surface area (Å²) in [6, 6.07) is 5.44. The van der Waals surface area contributed by atoms with E-state index in [0.717, 1.165) is 22.5 Å². The molecule has 3 N–H and O–H groups in total. The monoisotopic (exact) mass is 255 g/mol. The molecule has 0 aliphatic heterocycles. The third-order valence-corrected chi connectivity index (χ3v) is 3.25. The van der Waals surface area contributed by atoms with Gasteiger partial charge in [-0.3, -0.25) is 5.10 Å². The van der Waals surface area contributed by atoms with Gasteiger partial charge in [0.2, 0.25) is 0 Å². The minimum atomic E-state index is 0.445. The summed E-state index contributed by atoms with van der Waals surface area (Å²) < 4.78 is 0. The molecular formula is C11H11Cl2N3. The summed E-state index contributed by atoms with van der Waals surface area (Å²) in [4.78, 5) is 0. The second-order valence-corrected chi connectivity index (χ2v) is 4.32. The van der Waals surface area contributed by atoms with Crippen molar-refractivity contribution in [3.63, 3.8) is 0 Å². The van der Waals surface area contributed by atoms with Gasteiger partial charge in [-0.05, 0) is 24.6 Å². The van der Waals surface area contributed by atoms with Gasteiger partial charge in [-0.15, -0.1) is 0 Å². The van der Waals surface area contributed by atoms with Gasteiger partial charge in [0.15, 0.2) is 0 Å². The van der Waals surface area contributed by atoms with Crippen LogP contribution in [0.5, 0.6) is 0 Å². The van der Waals surface area contributed by atoms with Crippen LogP contribution in [0.1, 0.15) is 11.3 Å². The van der Waals surface area contributed by atoms with Gasteiger partial charge < -0.3 is 5.73 Å². The molecular weight excluding hydrogens is 245 g/mol. The van der Waals surface area contributed by atoms with Crippen molar-refractivity contribution in [1.82, 2.24) is 10.2 Å². The van der Waals surface area contributed by atoms with Crippen LogP contribution in [0.2, 0.25) is 10.0 Å². The first kappa shape index (κ1) is 11.5. The summed E-state index contributed by atoms with van der Waals surface area (Å²) in [6.07, 6.45) is 0.